The maximum atomic E-state index is 10.1. The molecule has 22 heavy (non-hydrogen) atoms. The fraction of sp³-hybridized carbons (Fsp3) is 0.588. The molecule has 0 spiro atoms. The summed E-state index contributed by atoms with van der Waals surface area (Å²) in [5.74, 6) is 1.85. The summed E-state index contributed by atoms with van der Waals surface area (Å²) in [6.45, 7) is 5.20. The van der Waals surface area contributed by atoms with Crippen molar-refractivity contribution in [2.45, 2.75) is 25.9 Å². The van der Waals surface area contributed by atoms with Crippen molar-refractivity contribution in [2.75, 3.05) is 33.4 Å². The van der Waals surface area contributed by atoms with Crippen molar-refractivity contribution in [1.29, 1.82) is 5.26 Å². The number of likely N-dealkylation sites (tertiary alicyclic amines) is 1. The number of β-amino-alcohol motifs (C(OH)–C–C–N with tert-alkyl or cyclic N) is 1. The van der Waals surface area contributed by atoms with E-state index >= 15 is 0 Å². The fourth-order valence-corrected chi connectivity index (χ4v) is 2.64. The van der Waals surface area contributed by atoms with E-state index in [9.17, 15) is 5.11 Å². The summed E-state index contributed by atoms with van der Waals surface area (Å²) in [5, 5.41) is 19.0. The van der Waals surface area contributed by atoms with Crippen LogP contribution in [0.3, 0.4) is 0 Å². The molecule has 0 aliphatic carbocycles. The Labute approximate surface area is 132 Å². The maximum Gasteiger partial charge on any atom is 0.162 e. The normalized spacial score (nSPS) is 17.7. The molecule has 1 aliphatic rings. The van der Waals surface area contributed by atoms with Crippen LogP contribution in [0.1, 0.15) is 25.3 Å². The Balaban J connectivity index is 1.83. The molecule has 1 heterocycles. The molecule has 1 aromatic rings. The van der Waals surface area contributed by atoms with Crippen LogP contribution in [0.5, 0.6) is 11.5 Å². The van der Waals surface area contributed by atoms with Gasteiger partial charge in [0.15, 0.2) is 11.5 Å². The molecule has 1 unspecified atom stereocenters. The number of nitriles is 1. The van der Waals surface area contributed by atoms with Crippen molar-refractivity contribution in [3.05, 3.63) is 23.8 Å². The van der Waals surface area contributed by atoms with Crippen LogP contribution in [-0.4, -0.2) is 49.5 Å². The van der Waals surface area contributed by atoms with Crippen LogP contribution in [0.15, 0.2) is 18.2 Å². The van der Waals surface area contributed by atoms with Crippen LogP contribution < -0.4 is 9.47 Å². The average molecular weight is 304 g/mol. The second kappa shape index (κ2) is 8.02. The molecule has 0 radical (unpaired) electrons. The minimum absolute atomic E-state index is 0.217. The molecule has 120 valence electrons. The van der Waals surface area contributed by atoms with Gasteiger partial charge in [-0.15, -0.1) is 0 Å². The minimum atomic E-state index is -0.534. The van der Waals surface area contributed by atoms with Gasteiger partial charge in [-0.25, -0.2) is 0 Å². The highest BCUT2D eigenvalue weighted by molar-refractivity contribution is 5.46. The highest BCUT2D eigenvalue weighted by Gasteiger charge is 2.19. The number of hydrogen-bond acceptors (Lipinski definition) is 5. The number of rotatable bonds is 6. The molecular weight excluding hydrogens is 280 g/mol. The average Bonchev–Trinajstić information content (AvgIpc) is 2.55. The number of nitrogens with zero attached hydrogens (tertiary/aromatic N) is 2. The summed E-state index contributed by atoms with van der Waals surface area (Å²) in [4.78, 5) is 2.28. The van der Waals surface area contributed by atoms with Gasteiger partial charge in [-0.3, -0.25) is 0 Å². The highest BCUT2D eigenvalue weighted by Crippen LogP contribution is 2.28. The van der Waals surface area contributed by atoms with Gasteiger partial charge in [0.1, 0.15) is 12.7 Å². The van der Waals surface area contributed by atoms with E-state index < -0.39 is 6.10 Å². The second-order valence-electron chi connectivity index (χ2n) is 5.93. The summed E-state index contributed by atoms with van der Waals surface area (Å²) >= 11 is 0. The molecule has 0 aromatic heterocycles. The zero-order chi connectivity index (χ0) is 15.9. The van der Waals surface area contributed by atoms with Gasteiger partial charge in [0.05, 0.1) is 18.7 Å². The number of aliphatic hydroxyl groups is 1. The molecule has 1 atom stereocenters. The van der Waals surface area contributed by atoms with Gasteiger partial charge < -0.3 is 19.5 Å². The van der Waals surface area contributed by atoms with Gasteiger partial charge in [-0.05, 0) is 44.0 Å². The first-order valence-electron chi connectivity index (χ1n) is 7.73. The van der Waals surface area contributed by atoms with Gasteiger partial charge in [0, 0.05) is 12.6 Å². The largest absolute Gasteiger partial charge is 0.493 e. The lowest BCUT2D eigenvalue weighted by molar-refractivity contribution is 0.0555. The molecule has 1 saturated heterocycles. The molecule has 1 aromatic carbocycles. The Morgan fingerprint density at radius 1 is 1.36 bits per heavy atom. The number of methoxy groups -OCH3 is 1. The molecule has 5 nitrogen and oxygen atoms in total. The summed E-state index contributed by atoms with van der Waals surface area (Å²) in [7, 11) is 1.54. The smallest absolute Gasteiger partial charge is 0.162 e. The van der Waals surface area contributed by atoms with E-state index in [2.05, 4.69) is 17.9 Å². The van der Waals surface area contributed by atoms with Crippen LogP contribution in [0.4, 0.5) is 0 Å². The van der Waals surface area contributed by atoms with E-state index in [1.165, 1.54) is 20.0 Å². The topological polar surface area (TPSA) is 65.7 Å². The molecule has 0 bridgehead atoms. The number of piperidine rings is 1. The maximum absolute atomic E-state index is 10.1. The molecule has 5 heteroatoms. The van der Waals surface area contributed by atoms with Gasteiger partial charge >= 0.3 is 0 Å². The second-order valence-corrected chi connectivity index (χ2v) is 5.93. The molecular formula is C17H24N2O3. The van der Waals surface area contributed by atoms with Crippen molar-refractivity contribution in [3.63, 3.8) is 0 Å². The van der Waals surface area contributed by atoms with Crippen molar-refractivity contribution in [1.82, 2.24) is 4.90 Å². The predicted molar refractivity (Wildman–Crippen MR) is 84.0 cm³/mol. The van der Waals surface area contributed by atoms with Gasteiger partial charge in [0.25, 0.3) is 0 Å². The first kappa shape index (κ1) is 16.6. The number of ether oxygens (including phenoxy) is 2. The third-order valence-corrected chi connectivity index (χ3v) is 4.07. The van der Waals surface area contributed by atoms with Gasteiger partial charge in [-0.1, -0.05) is 6.92 Å². The summed E-state index contributed by atoms with van der Waals surface area (Å²) < 4.78 is 10.9. The van der Waals surface area contributed by atoms with E-state index in [0.29, 0.717) is 23.6 Å². The van der Waals surface area contributed by atoms with E-state index in [-0.39, 0.29) is 6.61 Å². The third kappa shape index (κ3) is 4.62. The van der Waals surface area contributed by atoms with Crippen LogP contribution in [0.2, 0.25) is 0 Å². The van der Waals surface area contributed by atoms with Crippen molar-refractivity contribution >= 4 is 0 Å². The predicted octanol–water partition coefficient (Wildman–Crippen LogP) is 2.04. The Kier molecular flexibility index (Phi) is 6.05. The zero-order valence-electron chi connectivity index (χ0n) is 13.3. The monoisotopic (exact) mass is 304 g/mol. The molecule has 1 fully saturated rings. The van der Waals surface area contributed by atoms with Crippen LogP contribution in [-0.2, 0) is 0 Å². The lowest BCUT2D eigenvalue weighted by atomic mass is 9.99. The fourth-order valence-electron chi connectivity index (χ4n) is 2.64. The van der Waals surface area contributed by atoms with Gasteiger partial charge in [-0.2, -0.15) is 5.26 Å². The van der Waals surface area contributed by atoms with E-state index in [4.69, 9.17) is 14.7 Å². The Morgan fingerprint density at radius 3 is 2.73 bits per heavy atom. The van der Waals surface area contributed by atoms with Gasteiger partial charge in [0.2, 0.25) is 0 Å². The zero-order valence-corrected chi connectivity index (χ0v) is 13.3. The van der Waals surface area contributed by atoms with Crippen molar-refractivity contribution in [3.8, 4) is 17.6 Å². The lowest BCUT2D eigenvalue weighted by Gasteiger charge is -2.31. The lowest BCUT2D eigenvalue weighted by Crippen LogP contribution is -2.40. The summed E-state index contributed by atoms with van der Waals surface area (Å²) in [5.41, 5.74) is 0.521. The van der Waals surface area contributed by atoms with Crippen molar-refractivity contribution < 1.29 is 14.6 Å². The first-order valence-corrected chi connectivity index (χ1v) is 7.73. The Morgan fingerprint density at radius 2 is 2.09 bits per heavy atom. The highest BCUT2D eigenvalue weighted by atomic mass is 16.5. The number of benzene rings is 1. The van der Waals surface area contributed by atoms with E-state index in [0.717, 1.165) is 19.0 Å². The summed E-state index contributed by atoms with van der Waals surface area (Å²) in [6, 6.07) is 7.07. The third-order valence-electron chi connectivity index (χ3n) is 4.07. The molecule has 0 saturated carbocycles. The quantitative estimate of drug-likeness (QED) is 0.871. The molecule has 0 amide bonds. The number of hydrogen-bond donors (Lipinski definition) is 1. The summed E-state index contributed by atoms with van der Waals surface area (Å²) in [6.07, 6.45) is 1.85. The minimum Gasteiger partial charge on any atom is -0.493 e. The van der Waals surface area contributed by atoms with Crippen molar-refractivity contribution in [2.24, 2.45) is 5.92 Å². The van der Waals surface area contributed by atoms with Crippen LogP contribution in [0.25, 0.3) is 0 Å². The van der Waals surface area contributed by atoms with E-state index in [1.807, 2.05) is 0 Å². The standard InChI is InChI=1S/C17H24N2O3/c1-13-5-7-19(8-6-13)11-15(20)12-22-16-4-3-14(10-18)9-17(16)21-2/h3-4,9,13,15,20H,5-8,11-12H2,1-2H3. The molecule has 1 N–H and O–H groups in total. The molecule has 1 aliphatic heterocycles. The number of aliphatic hydroxyl groups excluding tert-OH is 1. The SMILES string of the molecule is COc1cc(C#N)ccc1OCC(O)CN1CCC(C)CC1. The first-order chi connectivity index (χ1) is 10.6. The Hall–Kier alpha value is -1.77. The Bertz CT molecular complexity index is 519. The van der Waals surface area contributed by atoms with Crippen LogP contribution >= 0.6 is 0 Å². The van der Waals surface area contributed by atoms with E-state index in [1.54, 1.807) is 18.2 Å². The molecule has 2 rings (SSSR count). The van der Waals surface area contributed by atoms with Crippen LogP contribution in [0, 0.1) is 17.2 Å².